The zero-order valence-electron chi connectivity index (χ0n) is 15.3. The number of carboxylic acids is 1. The van der Waals surface area contributed by atoms with Crippen molar-refractivity contribution in [2.24, 2.45) is 0 Å². The molecule has 3 N–H and O–H groups in total. The van der Waals surface area contributed by atoms with Gasteiger partial charge < -0.3 is 20.6 Å². The Hall–Kier alpha value is -3.35. The SMILES string of the molecule is O=C1CNc2ccc(C(=O)N3CCCC(c4cccc(C(=O)O)c4)C3)cc2N1. The molecule has 1 atom stereocenters. The van der Waals surface area contributed by atoms with Gasteiger partial charge in [-0.05, 0) is 48.7 Å². The van der Waals surface area contributed by atoms with Crippen molar-refractivity contribution in [2.45, 2.75) is 18.8 Å². The van der Waals surface area contributed by atoms with Crippen molar-refractivity contribution in [2.75, 3.05) is 30.3 Å². The molecular formula is C21H21N3O4. The van der Waals surface area contributed by atoms with Crippen LogP contribution in [0.3, 0.4) is 0 Å². The van der Waals surface area contributed by atoms with Crippen molar-refractivity contribution in [3.05, 3.63) is 59.2 Å². The van der Waals surface area contributed by atoms with Crippen LogP contribution in [-0.2, 0) is 4.79 Å². The van der Waals surface area contributed by atoms with Gasteiger partial charge in [0, 0.05) is 24.6 Å². The van der Waals surface area contributed by atoms with Crippen molar-refractivity contribution >= 4 is 29.2 Å². The van der Waals surface area contributed by atoms with Crippen LogP contribution in [0.25, 0.3) is 0 Å². The molecule has 1 saturated heterocycles. The first-order valence-electron chi connectivity index (χ1n) is 9.31. The predicted molar refractivity (Wildman–Crippen MR) is 105 cm³/mol. The number of carbonyl (C=O) groups excluding carboxylic acids is 2. The zero-order chi connectivity index (χ0) is 19.7. The number of carbonyl (C=O) groups is 3. The number of fused-ring (bicyclic) bond motifs is 1. The Balaban J connectivity index is 1.52. The third kappa shape index (κ3) is 3.55. The number of anilines is 2. The van der Waals surface area contributed by atoms with E-state index in [-0.39, 0.29) is 29.8 Å². The number of likely N-dealkylation sites (tertiary alicyclic amines) is 1. The van der Waals surface area contributed by atoms with Crippen molar-refractivity contribution in [3.8, 4) is 0 Å². The van der Waals surface area contributed by atoms with Crippen molar-refractivity contribution < 1.29 is 19.5 Å². The second kappa shape index (κ2) is 7.34. The van der Waals surface area contributed by atoms with Gasteiger partial charge in [0.15, 0.2) is 0 Å². The number of nitrogens with one attached hydrogen (secondary N) is 2. The number of carboxylic acid groups (broad SMARTS) is 1. The summed E-state index contributed by atoms with van der Waals surface area (Å²) in [6, 6.07) is 12.2. The molecule has 2 aromatic carbocycles. The van der Waals surface area contributed by atoms with Crippen LogP contribution in [0.1, 0.15) is 45.0 Å². The van der Waals surface area contributed by atoms with Crippen LogP contribution in [0.4, 0.5) is 11.4 Å². The van der Waals surface area contributed by atoms with E-state index in [1.165, 1.54) is 0 Å². The van der Waals surface area contributed by atoms with Crippen LogP contribution in [0, 0.1) is 0 Å². The number of hydrogen-bond donors (Lipinski definition) is 3. The summed E-state index contributed by atoms with van der Waals surface area (Å²) >= 11 is 0. The summed E-state index contributed by atoms with van der Waals surface area (Å²) in [6.07, 6.45) is 1.77. The van der Waals surface area contributed by atoms with Crippen LogP contribution >= 0.6 is 0 Å². The first-order valence-corrected chi connectivity index (χ1v) is 9.31. The lowest BCUT2D eigenvalue weighted by atomic mass is 9.89. The average Bonchev–Trinajstić information content (AvgIpc) is 2.73. The second-order valence-corrected chi connectivity index (χ2v) is 7.18. The molecule has 1 unspecified atom stereocenters. The monoisotopic (exact) mass is 379 g/mol. The number of benzene rings is 2. The first kappa shape index (κ1) is 18.0. The molecule has 0 bridgehead atoms. The summed E-state index contributed by atoms with van der Waals surface area (Å²) in [6.45, 7) is 1.43. The molecule has 0 aliphatic carbocycles. The molecule has 0 aromatic heterocycles. The molecule has 0 spiro atoms. The fourth-order valence-corrected chi connectivity index (χ4v) is 3.85. The molecule has 0 saturated carbocycles. The Kier molecular flexibility index (Phi) is 4.73. The van der Waals surface area contributed by atoms with E-state index in [1.54, 1.807) is 41.3 Å². The van der Waals surface area contributed by atoms with Crippen molar-refractivity contribution in [1.29, 1.82) is 0 Å². The van der Waals surface area contributed by atoms with Crippen LogP contribution in [0.2, 0.25) is 0 Å². The molecular weight excluding hydrogens is 358 g/mol. The molecule has 2 heterocycles. The van der Waals surface area contributed by atoms with Gasteiger partial charge in [0.05, 0.1) is 23.5 Å². The Morgan fingerprint density at radius 2 is 1.93 bits per heavy atom. The Bertz CT molecular complexity index is 956. The van der Waals surface area contributed by atoms with E-state index >= 15 is 0 Å². The highest BCUT2D eigenvalue weighted by atomic mass is 16.4. The smallest absolute Gasteiger partial charge is 0.335 e. The lowest BCUT2D eigenvalue weighted by Gasteiger charge is -2.33. The number of rotatable bonds is 3. The summed E-state index contributed by atoms with van der Waals surface area (Å²) in [5.74, 6) is -1.05. The molecule has 2 aliphatic heterocycles. The lowest BCUT2D eigenvalue weighted by molar-refractivity contribution is -0.114. The molecule has 144 valence electrons. The van der Waals surface area contributed by atoms with Crippen LogP contribution in [0.5, 0.6) is 0 Å². The largest absolute Gasteiger partial charge is 0.478 e. The maximum Gasteiger partial charge on any atom is 0.335 e. The van der Waals surface area contributed by atoms with Crippen molar-refractivity contribution in [1.82, 2.24) is 4.90 Å². The van der Waals surface area contributed by atoms with E-state index in [0.717, 1.165) is 24.1 Å². The highest BCUT2D eigenvalue weighted by Gasteiger charge is 2.27. The highest BCUT2D eigenvalue weighted by molar-refractivity contribution is 6.03. The second-order valence-electron chi connectivity index (χ2n) is 7.18. The number of hydrogen-bond acceptors (Lipinski definition) is 4. The van der Waals surface area contributed by atoms with Gasteiger partial charge in [0.2, 0.25) is 5.91 Å². The van der Waals surface area contributed by atoms with Crippen molar-refractivity contribution in [3.63, 3.8) is 0 Å². The maximum atomic E-state index is 13.0. The van der Waals surface area contributed by atoms with E-state index in [4.69, 9.17) is 0 Å². The van der Waals surface area contributed by atoms with Gasteiger partial charge in [-0.1, -0.05) is 12.1 Å². The molecule has 2 amide bonds. The fourth-order valence-electron chi connectivity index (χ4n) is 3.85. The van der Waals surface area contributed by atoms with Gasteiger partial charge in [0.25, 0.3) is 5.91 Å². The van der Waals surface area contributed by atoms with Gasteiger partial charge in [-0.25, -0.2) is 4.79 Å². The third-order valence-corrected chi connectivity index (χ3v) is 5.29. The molecule has 4 rings (SSSR count). The molecule has 7 nitrogen and oxygen atoms in total. The Morgan fingerprint density at radius 1 is 1.07 bits per heavy atom. The van der Waals surface area contributed by atoms with Gasteiger partial charge >= 0.3 is 5.97 Å². The van der Waals surface area contributed by atoms with Crippen LogP contribution in [-0.4, -0.2) is 47.4 Å². The lowest BCUT2D eigenvalue weighted by Crippen LogP contribution is -2.39. The summed E-state index contributed by atoms with van der Waals surface area (Å²) in [4.78, 5) is 37.6. The zero-order valence-corrected chi connectivity index (χ0v) is 15.3. The van der Waals surface area contributed by atoms with E-state index in [2.05, 4.69) is 10.6 Å². The standard InChI is InChI=1S/C21H21N3O4/c25-19-11-22-17-7-6-14(10-18(17)23-19)20(26)24-8-2-5-16(12-24)13-3-1-4-15(9-13)21(27)28/h1,3-4,6-7,9-10,16,22H,2,5,8,11-12H2,(H,23,25)(H,27,28). The predicted octanol–water partition coefficient (Wildman–Crippen LogP) is 2.77. The van der Waals surface area contributed by atoms with E-state index in [0.29, 0.717) is 24.3 Å². The quantitative estimate of drug-likeness (QED) is 0.762. The Labute approximate surface area is 162 Å². The summed E-state index contributed by atoms with van der Waals surface area (Å²) in [5, 5.41) is 15.0. The minimum atomic E-state index is -0.949. The first-order chi connectivity index (χ1) is 13.5. The van der Waals surface area contributed by atoms with Gasteiger partial charge in [0.1, 0.15) is 0 Å². The third-order valence-electron chi connectivity index (χ3n) is 5.29. The normalized spacial score (nSPS) is 18.6. The summed E-state index contributed by atoms with van der Waals surface area (Å²) in [7, 11) is 0. The molecule has 7 heteroatoms. The number of aromatic carboxylic acids is 1. The molecule has 0 radical (unpaired) electrons. The van der Waals surface area contributed by atoms with E-state index in [1.807, 2.05) is 6.07 Å². The van der Waals surface area contributed by atoms with Crippen LogP contribution in [0.15, 0.2) is 42.5 Å². The average molecular weight is 379 g/mol. The molecule has 2 aliphatic rings. The number of nitrogens with zero attached hydrogens (tertiary/aromatic N) is 1. The van der Waals surface area contributed by atoms with Gasteiger partial charge in [-0.15, -0.1) is 0 Å². The summed E-state index contributed by atoms with van der Waals surface area (Å²) < 4.78 is 0. The van der Waals surface area contributed by atoms with E-state index < -0.39 is 5.97 Å². The minimum absolute atomic E-state index is 0.0817. The fraction of sp³-hybridized carbons (Fsp3) is 0.286. The number of piperidine rings is 1. The highest BCUT2D eigenvalue weighted by Crippen LogP contribution is 2.30. The Morgan fingerprint density at radius 3 is 2.75 bits per heavy atom. The molecule has 2 aromatic rings. The van der Waals surface area contributed by atoms with Gasteiger partial charge in [-0.3, -0.25) is 9.59 Å². The topological polar surface area (TPSA) is 98.7 Å². The van der Waals surface area contributed by atoms with Crippen LogP contribution < -0.4 is 10.6 Å². The van der Waals surface area contributed by atoms with Gasteiger partial charge in [-0.2, -0.15) is 0 Å². The summed E-state index contributed by atoms with van der Waals surface area (Å²) in [5.41, 5.74) is 3.16. The van der Waals surface area contributed by atoms with E-state index in [9.17, 15) is 19.5 Å². The molecule has 1 fully saturated rings. The maximum absolute atomic E-state index is 13.0. The molecule has 28 heavy (non-hydrogen) atoms. The number of amides is 2. The minimum Gasteiger partial charge on any atom is -0.478 e.